The molecule has 1 saturated heterocycles. The molecule has 0 unspecified atom stereocenters. The Morgan fingerprint density at radius 1 is 1.17 bits per heavy atom. The number of aliphatic hydroxyl groups is 1. The highest BCUT2D eigenvalue weighted by Gasteiger charge is 2.36. The van der Waals surface area contributed by atoms with Crippen molar-refractivity contribution in [1.82, 2.24) is 4.90 Å². The highest BCUT2D eigenvalue weighted by Crippen LogP contribution is 2.27. The van der Waals surface area contributed by atoms with Gasteiger partial charge in [-0.15, -0.1) is 0 Å². The minimum atomic E-state index is -1.27. The van der Waals surface area contributed by atoms with Gasteiger partial charge in [0.1, 0.15) is 17.7 Å². The molecule has 0 radical (unpaired) electrons. The van der Waals surface area contributed by atoms with E-state index in [1.54, 1.807) is 4.90 Å². The lowest BCUT2D eigenvalue weighted by Crippen LogP contribution is -2.57. The molecule has 24 heavy (non-hydrogen) atoms. The van der Waals surface area contributed by atoms with Gasteiger partial charge in [-0.3, -0.25) is 4.79 Å². The number of aryl methyl sites for hydroxylation is 2. The van der Waals surface area contributed by atoms with Gasteiger partial charge in [-0.05, 0) is 42.7 Å². The quantitative estimate of drug-likeness (QED) is 0.938. The SMILES string of the molecule is Cc1cccc(C)c1OC1CN(C(=O)[C@H](O)c2ccc(F)cc2)C1. The lowest BCUT2D eigenvalue weighted by molar-refractivity contribution is -0.149. The molecule has 5 heteroatoms. The second kappa shape index (κ2) is 6.61. The molecule has 126 valence electrons. The van der Waals surface area contributed by atoms with E-state index in [2.05, 4.69) is 0 Å². The zero-order valence-corrected chi connectivity index (χ0v) is 13.7. The molecule has 1 atom stereocenters. The van der Waals surface area contributed by atoms with Crippen molar-refractivity contribution in [3.8, 4) is 5.75 Å². The Labute approximate surface area is 140 Å². The minimum Gasteiger partial charge on any atom is -0.486 e. The van der Waals surface area contributed by atoms with Gasteiger partial charge in [-0.1, -0.05) is 30.3 Å². The molecule has 1 aliphatic heterocycles. The number of halogens is 1. The van der Waals surface area contributed by atoms with Crippen molar-refractivity contribution < 1.29 is 19.0 Å². The van der Waals surface area contributed by atoms with Gasteiger partial charge in [0.15, 0.2) is 6.10 Å². The Hall–Kier alpha value is -2.40. The first kappa shape index (κ1) is 16.5. The summed E-state index contributed by atoms with van der Waals surface area (Å²) < 4.78 is 18.9. The van der Waals surface area contributed by atoms with Crippen LogP contribution in [0.1, 0.15) is 22.8 Å². The van der Waals surface area contributed by atoms with Crippen molar-refractivity contribution in [1.29, 1.82) is 0 Å². The maximum Gasteiger partial charge on any atom is 0.256 e. The van der Waals surface area contributed by atoms with E-state index in [0.29, 0.717) is 18.7 Å². The number of nitrogens with zero attached hydrogens (tertiary/aromatic N) is 1. The van der Waals surface area contributed by atoms with Crippen molar-refractivity contribution in [2.75, 3.05) is 13.1 Å². The fourth-order valence-corrected chi connectivity index (χ4v) is 2.80. The minimum absolute atomic E-state index is 0.0748. The van der Waals surface area contributed by atoms with E-state index in [1.165, 1.54) is 24.3 Å². The molecule has 0 bridgehead atoms. The number of hydrogen-bond acceptors (Lipinski definition) is 3. The van der Waals surface area contributed by atoms with Crippen LogP contribution in [0.5, 0.6) is 5.75 Å². The summed E-state index contributed by atoms with van der Waals surface area (Å²) in [7, 11) is 0. The van der Waals surface area contributed by atoms with E-state index in [1.807, 2.05) is 32.0 Å². The molecule has 4 nitrogen and oxygen atoms in total. The van der Waals surface area contributed by atoms with Gasteiger partial charge in [0.2, 0.25) is 0 Å². The first-order valence-corrected chi connectivity index (χ1v) is 7.91. The summed E-state index contributed by atoms with van der Waals surface area (Å²) in [5.41, 5.74) is 2.51. The van der Waals surface area contributed by atoms with Crippen LogP contribution in [0.3, 0.4) is 0 Å². The third-order valence-electron chi connectivity index (χ3n) is 4.27. The van der Waals surface area contributed by atoms with Gasteiger partial charge in [-0.2, -0.15) is 0 Å². The number of aliphatic hydroxyl groups excluding tert-OH is 1. The highest BCUT2D eigenvalue weighted by molar-refractivity contribution is 5.82. The number of likely N-dealkylation sites (tertiary alicyclic amines) is 1. The molecule has 3 rings (SSSR count). The third-order valence-corrected chi connectivity index (χ3v) is 4.27. The molecule has 0 saturated carbocycles. The second-order valence-corrected chi connectivity index (χ2v) is 6.16. The zero-order valence-electron chi connectivity index (χ0n) is 13.7. The first-order valence-electron chi connectivity index (χ1n) is 7.91. The van der Waals surface area contributed by atoms with Gasteiger partial charge in [-0.25, -0.2) is 4.39 Å². The predicted molar refractivity (Wildman–Crippen MR) is 88.3 cm³/mol. The molecular formula is C19H20FNO3. The molecule has 1 heterocycles. The van der Waals surface area contributed by atoms with Gasteiger partial charge in [0.25, 0.3) is 5.91 Å². The fourth-order valence-electron chi connectivity index (χ4n) is 2.80. The van der Waals surface area contributed by atoms with Crippen molar-refractivity contribution in [3.63, 3.8) is 0 Å². The van der Waals surface area contributed by atoms with Crippen LogP contribution in [0.25, 0.3) is 0 Å². The van der Waals surface area contributed by atoms with E-state index in [-0.39, 0.29) is 12.0 Å². The van der Waals surface area contributed by atoms with Crippen molar-refractivity contribution in [2.45, 2.75) is 26.1 Å². The monoisotopic (exact) mass is 329 g/mol. The van der Waals surface area contributed by atoms with E-state index >= 15 is 0 Å². The maximum absolute atomic E-state index is 12.9. The number of carbonyl (C=O) groups is 1. The Kier molecular flexibility index (Phi) is 4.53. The fraction of sp³-hybridized carbons (Fsp3) is 0.316. The van der Waals surface area contributed by atoms with Crippen molar-refractivity contribution in [2.24, 2.45) is 0 Å². The summed E-state index contributed by atoms with van der Waals surface area (Å²) in [5, 5.41) is 10.1. The van der Waals surface area contributed by atoms with E-state index in [4.69, 9.17) is 4.74 Å². The van der Waals surface area contributed by atoms with Gasteiger partial charge < -0.3 is 14.7 Å². The summed E-state index contributed by atoms with van der Waals surface area (Å²) >= 11 is 0. The molecule has 1 amide bonds. The molecular weight excluding hydrogens is 309 g/mol. The van der Waals surface area contributed by atoms with Crippen molar-refractivity contribution >= 4 is 5.91 Å². The van der Waals surface area contributed by atoms with Gasteiger partial charge in [0.05, 0.1) is 13.1 Å². The smallest absolute Gasteiger partial charge is 0.256 e. The third kappa shape index (κ3) is 3.26. The number of carbonyl (C=O) groups excluding carboxylic acids is 1. The summed E-state index contributed by atoms with van der Waals surface area (Å²) in [6.45, 7) is 4.85. The molecule has 0 aliphatic carbocycles. The normalized spacial score (nSPS) is 15.8. The van der Waals surface area contributed by atoms with E-state index < -0.39 is 11.9 Å². The molecule has 2 aromatic carbocycles. The zero-order chi connectivity index (χ0) is 17.3. The highest BCUT2D eigenvalue weighted by atomic mass is 19.1. The van der Waals surface area contributed by atoms with Crippen LogP contribution in [0.2, 0.25) is 0 Å². The number of benzene rings is 2. The van der Waals surface area contributed by atoms with E-state index in [0.717, 1.165) is 16.9 Å². The number of rotatable bonds is 4. The van der Waals surface area contributed by atoms with Crippen LogP contribution in [0.15, 0.2) is 42.5 Å². The van der Waals surface area contributed by atoms with Crippen molar-refractivity contribution in [3.05, 3.63) is 65.0 Å². The standard InChI is InChI=1S/C19H20FNO3/c1-12-4-3-5-13(2)18(12)24-16-10-21(11-16)19(23)17(22)14-6-8-15(20)9-7-14/h3-9,16-17,22H,10-11H2,1-2H3/t17-/m1/s1. The van der Waals surface area contributed by atoms with Gasteiger partial charge >= 0.3 is 0 Å². The van der Waals surface area contributed by atoms with Gasteiger partial charge in [0, 0.05) is 0 Å². The Bertz CT molecular complexity index is 719. The maximum atomic E-state index is 12.9. The Balaban J connectivity index is 1.58. The Morgan fingerprint density at radius 2 is 1.75 bits per heavy atom. The molecule has 1 fully saturated rings. The number of hydrogen-bond donors (Lipinski definition) is 1. The topological polar surface area (TPSA) is 49.8 Å². The molecule has 0 spiro atoms. The lowest BCUT2D eigenvalue weighted by atomic mass is 10.0. The number of amides is 1. The second-order valence-electron chi connectivity index (χ2n) is 6.16. The summed E-state index contributed by atoms with van der Waals surface area (Å²) in [4.78, 5) is 13.8. The summed E-state index contributed by atoms with van der Waals surface area (Å²) in [6.07, 6.45) is -1.35. The van der Waals surface area contributed by atoms with Crippen LogP contribution >= 0.6 is 0 Å². The lowest BCUT2D eigenvalue weighted by Gasteiger charge is -2.40. The summed E-state index contributed by atoms with van der Waals surface area (Å²) in [6, 6.07) is 11.3. The predicted octanol–water partition coefficient (Wildman–Crippen LogP) is 2.77. The Morgan fingerprint density at radius 3 is 2.33 bits per heavy atom. The van der Waals surface area contributed by atoms with E-state index in [9.17, 15) is 14.3 Å². The number of para-hydroxylation sites is 1. The largest absolute Gasteiger partial charge is 0.486 e. The first-order chi connectivity index (χ1) is 11.5. The van der Waals surface area contributed by atoms with Crippen LogP contribution in [-0.4, -0.2) is 35.1 Å². The van der Waals surface area contributed by atoms with Crippen LogP contribution in [0.4, 0.5) is 4.39 Å². The van der Waals surface area contributed by atoms with Crippen LogP contribution in [-0.2, 0) is 4.79 Å². The number of ether oxygens (including phenoxy) is 1. The van der Waals surface area contributed by atoms with Crippen LogP contribution in [0, 0.1) is 19.7 Å². The average Bonchev–Trinajstić information content (AvgIpc) is 2.52. The molecule has 1 aliphatic rings. The van der Waals surface area contributed by atoms with Crippen LogP contribution < -0.4 is 4.74 Å². The molecule has 2 aromatic rings. The average molecular weight is 329 g/mol. The molecule has 1 N–H and O–H groups in total. The summed E-state index contributed by atoms with van der Waals surface area (Å²) in [5.74, 6) is 0.0704. The molecule has 0 aromatic heterocycles.